The molecule has 17 heavy (non-hydrogen) atoms. The first-order valence-electron chi connectivity index (χ1n) is 4.54. The van der Waals surface area contributed by atoms with Crippen molar-refractivity contribution in [2.45, 2.75) is 6.04 Å². The van der Waals surface area contributed by atoms with Crippen molar-refractivity contribution in [1.29, 1.82) is 0 Å². The number of hydrogen-bond donors (Lipinski definition) is 2. The average molecular weight is 322 g/mol. The van der Waals surface area contributed by atoms with E-state index in [1.165, 1.54) is 7.11 Å². The van der Waals surface area contributed by atoms with E-state index in [1.54, 1.807) is 18.2 Å². The van der Waals surface area contributed by atoms with Crippen molar-refractivity contribution in [3.8, 4) is 0 Å². The normalized spacial score (nSPS) is 11.7. The number of carbonyl (C=O) groups is 2. The molecule has 1 unspecified atom stereocenters. The molecule has 0 saturated heterocycles. The van der Waals surface area contributed by atoms with E-state index in [9.17, 15) is 9.59 Å². The molecule has 1 aromatic carbocycles. The number of carbonyl (C=O) groups excluding carboxylic acids is 2. The first kappa shape index (κ1) is 13.8. The summed E-state index contributed by atoms with van der Waals surface area (Å²) in [6.45, 7) is 0. The third-order valence-corrected chi connectivity index (χ3v) is 3.17. The molecule has 1 rings (SSSR count). The van der Waals surface area contributed by atoms with Crippen molar-refractivity contribution in [3.63, 3.8) is 0 Å². The van der Waals surface area contributed by atoms with Gasteiger partial charge in [0, 0.05) is 10.2 Å². The summed E-state index contributed by atoms with van der Waals surface area (Å²) in [5, 5.41) is 3.18. The summed E-state index contributed by atoms with van der Waals surface area (Å²) in [6.07, 6.45) is 0. The number of esters is 1. The van der Waals surface area contributed by atoms with E-state index in [0.29, 0.717) is 15.2 Å². The number of nitrogens with two attached hydrogens (primary N) is 1. The number of rotatable bonds is 4. The summed E-state index contributed by atoms with van der Waals surface area (Å²) in [7, 11) is 1.18. The molecular formula is C10H10BrClN2O3. The third kappa shape index (κ3) is 3.61. The maximum atomic E-state index is 11.3. The van der Waals surface area contributed by atoms with Crippen LogP contribution in [0.15, 0.2) is 22.7 Å². The van der Waals surface area contributed by atoms with Crippen LogP contribution < -0.4 is 11.1 Å². The number of halogens is 2. The lowest BCUT2D eigenvalue weighted by Crippen LogP contribution is -2.42. The SMILES string of the molecule is COC(=O)C(Nc1ccc(Cl)c(Br)c1)C(N)=O. The van der Waals surface area contributed by atoms with E-state index in [-0.39, 0.29) is 0 Å². The number of benzene rings is 1. The maximum absolute atomic E-state index is 11.3. The van der Waals surface area contributed by atoms with Gasteiger partial charge in [-0.05, 0) is 34.1 Å². The predicted molar refractivity (Wildman–Crippen MR) is 67.8 cm³/mol. The van der Waals surface area contributed by atoms with E-state index in [0.717, 1.165) is 0 Å². The minimum Gasteiger partial charge on any atom is -0.467 e. The van der Waals surface area contributed by atoms with Crippen LogP contribution in [0.1, 0.15) is 0 Å². The van der Waals surface area contributed by atoms with Gasteiger partial charge in [-0.2, -0.15) is 0 Å². The van der Waals surface area contributed by atoms with Crippen molar-refractivity contribution in [2.24, 2.45) is 5.73 Å². The monoisotopic (exact) mass is 320 g/mol. The van der Waals surface area contributed by atoms with Crippen LogP contribution in [0.25, 0.3) is 0 Å². The van der Waals surface area contributed by atoms with E-state index >= 15 is 0 Å². The van der Waals surface area contributed by atoms with Gasteiger partial charge in [-0.25, -0.2) is 4.79 Å². The Labute approximate surface area is 111 Å². The zero-order chi connectivity index (χ0) is 13.0. The molecule has 3 N–H and O–H groups in total. The van der Waals surface area contributed by atoms with Gasteiger partial charge in [-0.1, -0.05) is 11.6 Å². The van der Waals surface area contributed by atoms with Crippen molar-refractivity contribution < 1.29 is 14.3 Å². The molecule has 1 amide bonds. The van der Waals surface area contributed by atoms with E-state index < -0.39 is 17.9 Å². The standard InChI is InChI=1S/C10H10BrClN2O3/c1-17-10(16)8(9(13)15)14-5-2-3-7(12)6(11)4-5/h2-4,8,14H,1H3,(H2,13,15). The summed E-state index contributed by atoms with van der Waals surface area (Å²) >= 11 is 9.03. The first-order valence-corrected chi connectivity index (χ1v) is 5.71. The fourth-order valence-electron chi connectivity index (χ4n) is 1.12. The lowest BCUT2D eigenvalue weighted by Gasteiger charge is -2.14. The van der Waals surface area contributed by atoms with E-state index in [1.807, 2.05) is 0 Å². The van der Waals surface area contributed by atoms with Gasteiger partial charge in [0.05, 0.1) is 12.1 Å². The molecule has 1 atom stereocenters. The molecule has 0 heterocycles. The van der Waals surface area contributed by atoms with Crippen LogP contribution in [0, 0.1) is 0 Å². The molecule has 0 saturated carbocycles. The molecule has 5 nitrogen and oxygen atoms in total. The van der Waals surface area contributed by atoms with Crippen LogP contribution in [0.3, 0.4) is 0 Å². The summed E-state index contributed by atoms with van der Waals surface area (Å²) < 4.78 is 5.10. The minimum atomic E-state index is -1.23. The number of primary amides is 1. The van der Waals surface area contributed by atoms with Crippen molar-refractivity contribution in [3.05, 3.63) is 27.7 Å². The third-order valence-electron chi connectivity index (χ3n) is 1.95. The molecule has 0 aliphatic carbocycles. The minimum absolute atomic E-state index is 0.518. The van der Waals surface area contributed by atoms with Crippen molar-refractivity contribution in [1.82, 2.24) is 0 Å². The highest BCUT2D eigenvalue weighted by molar-refractivity contribution is 9.10. The van der Waals surface area contributed by atoms with Crippen LogP contribution in [-0.2, 0) is 14.3 Å². The Hall–Kier alpha value is -1.27. The van der Waals surface area contributed by atoms with Crippen LogP contribution in [-0.4, -0.2) is 25.0 Å². The molecule has 1 aromatic rings. The summed E-state index contributed by atoms with van der Waals surface area (Å²) in [5.41, 5.74) is 5.61. The highest BCUT2D eigenvalue weighted by Gasteiger charge is 2.25. The summed E-state index contributed by atoms with van der Waals surface area (Å²) in [4.78, 5) is 22.4. The lowest BCUT2D eigenvalue weighted by molar-refractivity contribution is -0.144. The number of anilines is 1. The van der Waals surface area contributed by atoms with Gasteiger partial charge in [0.25, 0.3) is 5.91 Å². The number of ether oxygens (including phenoxy) is 1. The largest absolute Gasteiger partial charge is 0.467 e. The highest BCUT2D eigenvalue weighted by Crippen LogP contribution is 2.25. The fraction of sp³-hybridized carbons (Fsp3) is 0.200. The van der Waals surface area contributed by atoms with Gasteiger partial charge in [0.15, 0.2) is 0 Å². The molecule has 0 aliphatic rings. The second-order valence-electron chi connectivity index (χ2n) is 3.13. The second kappa shape index (κ2) is 5.88. The zero-order valence-corrected chi connectivity index (χ0v) is 11.2. The van der Waals surface area contributed by atoms with Crippen LogP contribution in [0.2, 0.25) is 5.02 Å². The predicted octanol–water partition coefficient (Wildman–Crippen LogP) is 1.54. The Balaban J connectivity index is 2.90. The molecule has 0 aromatic heterocycles. The molecule has 7 heteroatoms. The number of amides is 1. The smallest absolute Gasteiger partial charge is 0.338 e. The highest BCUT2D eigenvalue weighted by atomic mass is 79.9. The Morgan fingerprint density at radius 1 is 1.53 bits per heavy atom. The van der Waals surface area contributed by atoms with Gasteiger partial charge in [-0.15, -0.1) is 0 Å². The molecule has 0 radical (unpaired) electrons. The van der Waals surface area contributed by atoms with Gasteiger partial charge in [0.1, 0.15) is 0 Å². The van der Waals surface area contributed by atoms with Crippen LogP contribution in [0.4, 0.5) is 5.69 Å². The lowest BCUT2D eigenvalue weighted by atomic mass is 10.2. The Morgan fingerprint density at radius 3 is 2.65 bits per heavy atom. The van der Waals surface area contributed by atoms with Crippen molar-refractivity contribution >= 4 is 45.1 Å². The molecule has 0 aliphatic heterocycles. The maximum Gasteiger partial charge on any atom is 0.338 e. The molecular weight excluding hydrogens is 311 g/mol. The van der Waals surface area contributed by atoms with Gasteiger partial charge < -0.3 is 15.8 Å². The molecule has 0 fully saturated rings. The Bertz CT molecular complexity index is 453. The topological polar surface area (TPSA) is 81.4 Å². The number of nitrogens with one attached hydrogen (secondary N) is 1. The number of hydrogen-bond acceptors (Lipinski definition) is 4. The quantitative estimate of drug-likeness (QED) is 0.651. The van der Waals surface area contributed by atoms with Crippen LogP contribution >= 0.6 is 27.5 Å². The zero-order valence-electron chi connectivity index (χ0n) is 8.87. The molecule has 92 valence electrons. The average Bonchev–Trinajstić information content (AvgIpc) is 2.29. The molecule has 0 spiro atoms. The van der Waals surface area contributed by atoms with Gasteiger partial charge in [0.2, 0.25) is 6.04 Å². The molecule has 0 bridgehead atoms. The van der Waals surface area contributed by atoms with Gasteiger partial charge in [-0.3, -0.25) is 4.79 Å². The Morgan fingerprint density at radius 2 is 2.18 bits per heavy atom. The van der Waals surface area contributed by atoms with Crippen LogP contribution in [0.5, 0.6) is 0 Å². The first-order chi connectivity index (χ1) is 7.95. The van der Waals surface area contributed by atoms with E-state index in [4.69, 9.17) is 17.3 Å². The number of methoxy groups -OCH3 is 1. The van der Waals surface area contributed by atoms with E-state index in [2.05, 4.69) is 26.0 Å². The van der Waals surface area contributed by atoms with Gasteiger partial charge >= 0.3 is 5.97 Å². The Kier molecular flexibility index (Phi) is 4.77. The fourth-order valence-corrected chi connectivity index (χ4v) is 1.61. The van der Waals surface area contributed by atoms with Crippen molar-refractivity contribution in [2.75, 3.05) is 12.4 Å². The second-order valence-corrected chi connectivity index (χ2v) is 4.39. The summed E-state index contributed by atoms with van der Waals surface area (Å²) in [6, 6.07) is 3.63. The summed E-state index contributed by atoms with van der Waals surface area (Å²) in [5.74, 6) is -1.56.